The van der Waals surface area contributed by atoms with E-state index in [0.717, 1.165) is 47.2 Å². The average molecular weight is 466 g/mol. The van der Waals surface area contributed by atoms with E-state index in [1.807, 2.05) is 25.1 Å². The highest BCUT2D eigenvalue weighted by Crippen LogP contribution is 2.35. The lowest BCUT2D eigenvalue weighted by Crippen LogP contribution is -2.22. The van der Waals surface area contributed by atoms with E-state index in [1.54, 1.807) is 15.9 Å². The Morgan fingerprint density at radius 2 is 1.78 bits per heavy atom. The molecule has 0 bridgehead atoms. The number of aryl methyl sites for hydroxylation is 4. The molecule has 4 N–H and O–H groups in total. The number of hydrogen-bond acceptors (Lipinski definition) is 9. The number of nitrogens with zero attached hydrogens (tertiary/aromatic N) is 5. The highest BCUT2D eigenvalue weighted by molar-refractivity contribution is 7.98. The Morgan fingerprint density at radius 1 is 1.03 bits per heavy atom. The van der Waals surface area contributed by atoms with Crippen LogP contribution >= 0.6 is 23.1 Å². The van der Waals surface area contributed by atoms with E-state index in [1.165, 1.54) is 27.8 Å². The summed E-state index contributed by atoms with van der Waals surface area (Å²) in [6, 6.07) is 6.04. The van der Waals surface area contributed by atoms with Crippen LogP contribution in [0.15, 0.2) is 28.2 Å². The number of nitrogens with two attached hydrogens (primary N) is 2. The van der Waals surface area contributed by atoms with Crippen LogP contribution in [0.3, 0.4) is 0 Å². The van der Waals surface area contributed by atoms with Gasteiger partial charge in [-0.15, -0.1) is 11.3 Å². The molecule has 1 aliphatic rings. The van der Waals surface area contributed by atoms with E-state index < -0.39 is 0 Å². The van der Waals surface area contributed by atoms with Gasteiger partial charge in [-0.2, -0.15) is 15.0 Å². The van der Waals surface area contributed by atoms with Gasteiger partial charge >= 0.3 is 0 Å². The summed E-state index contributed by atoms with van der Waals surface area (Å²) in [5, 5.41) is 1.36. The second-order valence-electron chi connectivity index (χ2n) is 7.95. The summed E-state index contributed by atoms with van der Waals surface area (Å²) < 4.78 is 1.72. The highest BCUT2D eigenvalue weighted by atomic mass is 32.2. The third-order valence-electron chi connectivity index (χ3n) is 5.75. The summed E-state index contributed by atoms with van der Waals surface area (Å²) in [4.78, 5) is 33.0. The molecule has 0 fully saturated rings. The van der Waals surface area contributed by atoms with Crippen molar-refractivity contribution < 1.29 is 0 Å². The number of hydrogen-bond donors (Lipinski definition) is 2. The predicted molar refractivity (Wildman–Crippen MR) is 130 cm³/mol. The van der Waals surface area contributed by atoms with Gasteiger partial charge in [-0.05, 0) is 68.4 Å². The van der Waals surface area contributed by atoms with E-state index >= 15 is 0 Å². The quantitative estimate of drug-likeness (QED) is 0.346. The lowest BCUT2D eigenvalue weighted by molar-refractivity contribution is 0.699. The molecule has 0 radical (unpaired) electrons. The maximum Gasteiger partial charge on any atom is 0.267 e. The lowest BCUT2D eigenvalue weighted by Gasteiger charge is -2.14. The van der Waals surface area contributed by atoms with Crippen LogP contribution in [0.4, 0.5) is 11.9 Å². The van der Waals surface area contributed by atoms with Crippen LogP contribution in [-0.2, 0) is 18.6 Å². The SMILES string of the molecule is Cc1ccc(-n2c(SCc3nc(N)nc(N)n3)nc3sc4c(c3c2=O)CCCC4)cc1C. The Morgan fingerprint density at radius 3 is 2.53 bits per heavy atom. The minimum atomic E-state index is -0.0187. The van der Waals surface area contributed by atoms with Gasteiger partial charge in [-0.1, -0.05) is 17.8 Å². The number of nitrogen functional groups attached to an aromatic ring is 2. The average Bonchev–Trinajstić information content (AvgIpc) is 3.12. The summed E-state index contributed by atoms with van der Waals surface area (Å²) in [5.74, 6) is 0.972. The fourth-order valence-electron chi connectivity index (χ4n) is 4.03. The normalized spacial score (nSPS) is 13.4. The van der Waals surface area contributed by atoms with Crippen molar-refractivity contribution in [3.8, 4) is 5.69 Å². The van der Waals surface area contributed by atoms with Gasteiger partial charge in [0.05, 0.1) is 16.8 Å². The highest BCUT2D eigenvalue weighted by Gasteiger charge is 2.23. The van der Waals surface area contributed by atoms with Crippen molar-refractivity contribution in [2.75, 3.05) is 11.5 Å². The van der Waals surface area contributed by atoms with Crippen LogP contribution < -0.4 is 17.0 Å². The van der Waals surface area contributed by atoms with Crippen molar-refractivity contribution in [1.29, 1.82) is 0 Å². The first-order valence-electron chi connectivity index (χ1n) is 10.4. The van der Waals surface area contributed by atoms with Crippen molar-refractivity contribution in [2.24, 2.45) is 0 Å². The zero-order valence-electron chi connectivity index (χ0n) is 17.9. The van der Waals surface area contributed by atoms with E-state index in [4.69, 9.17) is 16.5 Å². The monoisotopic (exact) mass is 465 g/mol. The van der Waals surface area contributed by atoms with Crippen LogP contribution in [0.2, 0.25) is 0 Å². The van der Waals surface area contributed by atoms with Crippen molar-refractivity contribution in [1.82, 2.24) is 24.5 Å². The molecule has 8 nitrogen and oxygen atoms in total. The minimum absolute atomic E-state index is 0.0187. The molecule has 0 saturated heterocycles. The van der Waals surface area contributed by atoms with Gasteiger partial charge in [0.1, 0.15) is 10.7 Å². The maximum absolute atomic E-state index is 13.8. The Hall–Kier alpha value is -2.98. The number of benzene rings is 1. The van der Waals surface area contributed by atoms with Gasteiger partial charge in [0.15, 0.2) is 5.16 Å². The minimum Gasteiger partial charge on any atom is -0.368 e. The third kappa shape index (κ3) is 3.73. The second-order valence-corrected chi connectivity index (χ2v) is 9.98. The van der Waals surface area contributed by atoms with Gasteiger partial charge in [-0.25, -0.2) is 4.98 Å². The van der Waals surface area contributed by atoms with E-state index in [0.29, 0.717) is 16.7 Å². The molecule has 0 aliphatic heterocycles. The topological polar surface area (TPSA) is 126 Å². The number of rotatable bonds is 4. The van der Waals surface area contributed by atoms with Crippen LogP contribution in [0, 0.1) is 13.8 Å². The van der Waals surface area contributed by atoms with E-state index in [-0.39, 0.29) is 17.5 Å². The molecular weight excluding hydrogens is 442 g/mol. The smallest absolute Gasteiger partial charge is 0.267 e. The molecule has 10 heteroatoms. The van der Waals surface area contributed by atoms with Crippen molar-refractivity contribution >= 4 is 45.2 Å². The summed E-state index contributed by atoms with van der Waals surface area (Å²) >= 11 is 3.04. The molecule has 0 spiro atoms. The first kappa shape index (κ1) is 20.9. The molecule has 5 rings (SSSR count). The predicted octanol–water partition coefficient (Wildman–Crippen LogP) is 3.58. The fourth-order valence-corrected chi connectivity index (χ4v) is 6.20. The molecule has 0 amide bonds. The van der Waals surface area contributed by atoms with Crippen LogP contribution in [-0.4, -0.2) is 24.5 Å². The zero-order valence-corrected chi connectivity index (χ0v) is 19.5. The van der Waals surface area contributed by atoms with E-state index in [2.05, 4.69) is 21.9 Å². The maximum atomic E-state index is 13.8. The molecule has 3 aromatic heterocycles. The van der Waals surface area contributed by atoms with E-state index in [9.17, 15) is 4.79 Å². The first-order valence-corrected chi connectivity index (χ1v) is 12.2. The lowest BCUT2D eigenvalue weighted by atomic mass is 9.97. The van der Waals surface area contributed by atoms with Crippen LogP contribution in [0.1, 0.15) is 40.2 Å². The molecule has 0 saturated carbocycles. The zero-order chi connectivity index (χ0) is 22.4. The summed E-state index contributed by atoms with van der Waals surface area (Å²) in [6.45, 7) is 4.11. The summed E-state index contributed by atoms with van der Waals surface area (Å²) in [5.41, 5.74) is 15.7. The molecule has 4 aromatic rings. The number of aromatic nitrogens is 5. The molecule has 164 valence electrons. The van der Waals surface area contributed by atoms with Gasteiger partial charge in [0.25, 0.3) is 5.56 Å². The van der Waals surface area contributed by atoms with Gasteiger partial charge in [0, 0.05) is 4.88 Å². The van der Waals surface area contributed by atoms with Crippen molar-refractivity contribution in [2.45, 2.75) is 50.4 Å². The van der Waals surface area contributed by atoms with Gasteiger partial charge in [-0.3, -0.25) is 9.36 Å². The molecule has 3 heterocycles. The Labute approximate surface area is 193 Å². The molecule has 0 atom stereocenters. The number of anilines is 2. The van der Waals surface area contributed by atoms with Crippen molar-refractivity contribution in [3.05, 3.63) is 55.9 Å². The van der Waals surface area contributed by atoms with Crippen LogP contribution in [0.5, 0.6) is 0 Å². The first-order chi connectivity index (χ1) is 15.4. The van der Waals surface area contributed by atoms with Gasteiger partial charge < -0.3 is 11.5 Å². The number of thiophene rings is 1. The van der Waals surface area contributed by atoms with Crippen LogP contribution in [0.25, 0.3) is 15.9 Å². The Balaban J connectivity index is 1.67. The molecule has 1 aromatic carbocycles. The summed E-state index contributed by atoms with van der Waals surface area (Å²) in [6.07, 6.45) is 4.23. The summed E-state index contributed by atoms with van der Waals surface area (Å²) in [7, 11) is 0. The van der Waals surface area contributed by atoms with Gasteiger partial charge in [0.2, 0.25) is 11.9 Å². The molecule has 1 aliphatic carbocycles. The second kappa shape index (κ2) is 8.18. The molecule has 32 heavy (non-hydrogen) atoms. The Bertz CT molecular complexity index is 1390. The number of thioether (sulfide) groups is 1. The standard InChI is InChI=1S/C22H23N7OS2/c1-11-7-8-13(9-12(11)2)29-19(30)17-14-5-3-4-6-15(14)32-18(17)27-22(29)31-10-16-25-20(23)28-21(24)26-16/h7-9H,3-6,10H2,1-2H3,(H4,23,24,25,26,28). The number of fused-ring (bicyclic) bond motifs is 3. The third-order valence-corrected chi connectivity index (χ3v) is 7.87. The van der Waals surface area contributed by atoms with Crippen molar-refractivity contribution in [3.63, 3.8) is 0 Å². The molecule has 0 unspecified atom stereocenters. The fraction of sp³-hybridized carbons (Fsp3) is 0.318. The molecular formula is C22H23N7OS2. The Kier molecular flexibility index (Phi) is 5.34. The largest absolute Gasteiger partial charge is 0.368 e.